The van der Waals surface area contributed by atoms with Crippen molar-refractivity contribution in [1.82, 2.24) is 10.2 Å². The number of aromatic nitrogens is 2. The number of nitrogens with zero attached hydrogens (tertiary/aromatic N) is 2. The first kappa shape index (κ1) is 10.0. The van der Waals surface area contributed by atoms with E-state index in [2.05, 4.69) is 10.2 Å². The Labute approximate surface area is 88.8 Å². The van der Waals surface area contributed by atoms with Crippen LogP contribution >= 0.6 is 0 Å². The number of nitrogens with two attached hydrogens (primary N) is 1. The highest BCUT2D eigenvalue weighted by molar-refractivity contribution is 7.90. The quantitative estimate of drug-likeness (QED) is 0.756. The summed E-state index contributed by atoms with van der Waals surface area (Å²) in [5, 5.41) is 6.92. The molecule has 82 valence electrons. The molecule has 0 unspecified atom stereocenters. The lowest BCUT2D eigenvalue weighted by molar-refractivity contribution is 0.0990. The van der Waals surface area contributed by atoms with Crippen LogP contribution in [-0.2, 0) is 16.3 Å². The predicted octanol–water partition coefficient (Wildman–Crippen LogP) is -0.459. The Hall–Kier alpha value is -1.50. The molecule has 0 atom stereocenters. The Balaban J connectivity index is 3.54. The molecule has 0 aliphatic carbocycles. The van der Waals surface area contributed by atoms with Gasteiger partial charge in [0.15, 0.2) is 15.5 Å². The molecule has 0 aliphatic heterocycles. The van der Waals surface area contributed by atoms with Gasteiger partial charge in [-0.05, 0) is 12.0 Å². The minimum absolute atomic E-state index is 0.00752. The average Bonchev–Trinajstić information content (AvgIpc) is 2.16. The van der Waals surface area contributed by atoms with Crippen LogP contribution in [0.5, 0.6) is 0 Å². The third-order valence-corrected chi connectivity index (χ3v) is 2.95. The number of primary amides is 1. The second-order valence-electron chi connectivity index (χ2n) is 2.93. The summed E-state index contributed by atoms with van der Waals surface area (Å²) >= 11 is 0. The van der Waals surface area contributed by atoms with Gasteiger partial charge in [0.2, 0.25) is 0 Å². The van der Waals surface area contributed by atoms with E-state index in [1.165, 1.54) is 6.20 Å². The van der Waals surface area contributed by atoms with Gasteiger partial charge < -0.3 is 5.73 Å². The number of carbonyl (C=O) groups excluding carboxylic acids is 1. The number of hydrogen-bond acceptors (Lipinski definition) is 5. The van der Waals surface area contributed by atoms with E-state index in [1.807, 2.05) is 0 Å². The molecule has 15 heavy (non-hydrogen) atoms. The van der Waals surface area contributed by atoms with Crippen LogP contribution in [0.3, 0.4) is 0 Å². The maximum Gasteiger partial charge on any atom is 0.270 e. The minimum Gasteiger partial charge on any atom is -0.364 e. The van der Waals surface area contributed by atoms with Gasteiger partial charge in [0.05, 0.1) is 6.20 Å². The first-order valence-electron chi connectivity index (χ1n) is 4.72. The smallest absolute Gasteiger partial charge is 0.270 e. The molecule has 1 amide bonds. The molecule has 0 saturated heterocycles. The normalized spacial score (nSPS) is 12.2. The fourth-order valence-corrected chi connectivity index (χ4v) is 2.29. The maximum absolute atomic E-state index is 11.5. The summed E-state index contributed by atoms with van der Waals surface area (Å²) in [7, 11) is -3.62. The van der Waals surface area contributed by atoms with Gasteiger partial charge >= 0.3 is 0 Å². The Morgan fingerprint density at radius 1 is 1.67 bits per heavy atom. The van der Waals surface area contributed by atoms with E-state index in [1.54, 1.807) is 0 Å². The molecular weight excluding hydrogens is 218 g/mol. The second-order valence-corrected chi connectivity index (χ2v) is 4.89. The zero-order chi connectivity index (χ0) is 12.3. The standard InChI is InChI=1S/C8H11N3O3S/c1-3-5-4-10-11-6(8(9)12)7(5)15(2,13)14/h4H,3H2,1-2H3,(H2,9,12)/i1D. The summed E-state index contributed by atoms with van der Waals surface area (Å²) in [6.45, 7) is -0.00752. The Morgan fingerprint density at radius 3 is 2.80 bits per heavy atom. The molecule has 1 aromatic rings. The molecule has 0 saturated carbocycles. The SMILES string of the molecule is [2H]CCc1cnnc(C(N)=O)c1S(C)(=O)=O. The van der Waals surface area contributed by atoms with Gasteiger partial charge in [-0.3, -0.25) is 4.79 Å². The zero-order valence-corrected chi connectivity index (χ0v) is 8.91. The van der Waals surface area contributed by atoms with Crippen molar-refractivity contribution in [2.24, 2.45) is 5.73 Å². The van der Waals surface area contributed by atoms with Crippen molar-refractivity contribution in [3.63, 3.8) is 0 Å². The van der Waals surface area contributed by atoms with E-state index in [-0.39, 0.29) is 23.9 Å². The predicted molar refractivity (Wildman–Crippen MR) is 53.0 cm³/mol. The van der Waals surface area contributed by atoms with E-state index in [0.29, 0.717) is 5.56 Å². The van der Waals surface area contributed by atoms with Crippen molar-refractivity contribution < 1.29 is 14.6 Å². The highest BCUT2D eigenvalue weighted by Crippen LogP contribution is 2.17. The minimum atomic E-state index is -3.62. The summed E-state index contributed by atoms with van der Waals surface area (Å²) in [4.78, 5) is 10.8. The Bertz CT molecular complexity index is 515. The Kier molecular flexibility index (Phi) is 2.63. The molecule has 0 aromatic carbocycles. The van der Waals surface area contributed by atoms with E-state index >= 15 is 0 Å². The lowest BCUT2D eigenvalue weighted by Gasteiger charge is -2.07. The number of hydrogen-bond donors (Lipinski definition) is 1. The summed E-state index contributed by atoms with van der Waals surface area (Å²) in [6.07, 6.45) is 2.37. The molecule has 1 rings (SSSR count). The van der Waals surface area contributed by atoms with Crippen LogP contribution < -0.4 is 5.73 Å². The van der Waals surface area contributed by atoms with Gasteiger partial charge in [0.25, 0.3) is 5.91 Å². The molecule has 0 bridgehead atoms. The van der Waals surface area contributed by atoms with Crippen LogP contribution in [0.2, 0.25) is 0 Å². The zero-order valence-electron chi connectivity index (χ0n) is 9.10. The monoisotopic (exact) mass is 230 g/mol. The lowest BCUT2D eigenvalue weighted by Crippen LogP contribution is -2.20. The molecule has 0 aliphatic rings. The van der Waals surface area contributed by atoms with Gasteiger partial charge in [-0.1, -0.05) is 6.90 Å². The van der Waals surface area contributed by atoms with Crippen LogP contribution in [0.15, 0.2) is 11.1 Å². The third-order valence-electron chi connectivity index (χ3n) is 1.75. The molecular formula is C8H11N3O3S. The molecule has 0 fully saturated rings. The number of aryl methyl sites for hydroxylation is 1. The van der Waals surface area contributed by atoms with E-state index in [0.717, 1.165) is 6.26 Å². The topological polar surface area (TPSA) is 103 Å². The summed E-state index contributed by atoms with van der Waals surface area (Å²) in [5.41, 5.74) is 4.95. The van der Waals surface area contributed by atoms with E-state index in [9.17, 15) is 13.2 Å². The third kappa shape index (κ3) is 2.30. The van der Waals surface area contributed by atoms with Crippen LogP contribution in [0, 0.1) is 0 Å². The van der Waals surface area contributed by atoms with Crippen LogP contribution in [-0.4, -0.2) is 30.8 Å². The van der Waals surface area contributed by atoms with E-state index in [4.69, 9.17) is 7.10 Å². The van der Waals surface area contributed by atoms with Crippen molar-refractivity contribution in [3.8, 4) is 0 Å². The molecule has 1 heterocycles. The average molecular weight is 230 g/mol. The molecule has 2 N–H and O–H groups in total. The molecule has 7 heteroatoms. The van der Waals surface area contributed by atoms with Crippen LogP contribution in [0.25, 0.3) is 0 Å². The molecule has 6 nitrogen and oxygen atoms in total. The van der Waals surface area contributed by atoms with Gasteiger partial charge in [-0.25, -0.2) is 8.42 Å². The molecule has 0 spiro atoms. The summed E-state index contributed by atoms with van der Waals surface area (Å²) in [6, 6.07) is 0. The van der Waals surface area contributed by atoms with Gasteiger partial charge in [0, 0.05) is 7.63 Å². The number of carbonyl (C=O) groups is 1. The maximum atomic E-state index is 11.5. The van der Waals surface area contributed by atoms with Gasteiger partial charge in [-0.2, -0.15) is 5.10 Å². The summed E-state index contributed by atoms with van der Waals surface area (Å²) in [5.74, 6) is -0.945. The van der Waals surface area contributed by atoms with Crippen molar-refractivity contribution in [2.75, 3.05) is 6.26 Å². The number of rotatable bonds is 3. The van der Waals surface area contributed by atoms with Crippen LogP contribution in [0.4, 0.5) is 0 Å². The van der Waals surface area contributed by atoms with Crippen molar-refractivity contribution >= 4 is 15.7 Å². The number of sulfone groups is 1. The van der Waals surface area contributed by atoms with Gasteiger partial charge in [0.1, 0.15) is 4.90 Å². The highest BCUT2D eigenvalue weighted by atomic mass is 32.2. The fourth-order valence-electron chi connectivity index (χ4n) is 1.17. The first-order chi connectivity index (χ1) is 7.38. The van der Waals surface area contributed by atoms with Gasteiger partial charge in [-0.15, -0.1) is 5.10 Å². The van der Waals surface area contributed by atoms with Crippen molar-refractivity contribution in [2.45, 2.75) is 18.2 Å². The second kappa shape index (κ2) is 3.93. The molecule has 0 radical (unpaired) electrons. The lowest BCUT2D eigenvalue weighted by atomic mass is 10.2. The van der Waals surface area contributed by atoms with Crippen molar-refractivity contribution in [1.29, 1.82) is 0 Å². The largest absolute Gasteiger partial charge is 0.364 e. The number of amides is 1. The van der Waals surface area contributed by atoms with E-state index < -0.39 is 15.7 Å². The van der Waals surface area contributed by atoms with Crippen molar-refractivity contribution in [3.05, 3.63) is 17.5 Å². The first-order valence-corrected chi connectivity index (χ1v) is 5.90. The summed E-state index contributed by atoms with van der Waals surface area (Å²) < 4.78 is 30.1. The highest BCUT2D eigenvalue weighted by Gasteiger charge is 2.22. The fraction of sp³-hybridized carbons (Fsp3) is 0.375. The molecule has 1 aromatic heterocycles. The van der Waals surface area contributed by atoms with Crippen LogP contribution in [0.1, 0.15) is 24.3 Å². The Morgan fingerprint density at radius 2 is 2.33 bits per heavy atom.